The Morgan fingerprint density at radius 1 is 1.23 bits per heavy atom. The summed E-state index contributed by atoms with van der Waals surface area (Å²) in [5.74, 6) is -0.420. The number of halogens is 3. The molecule has 1 aromatic carbocycles. The van der Waals surface area contributed by atoms with E-state index in [4.69, 9.17) is 4.84 Å². The number of hydroxylamine groups is 2. The number of carbonyl (C=O) groups is 1. The second-order valence-corrected chi connectivity index (χ2v) is 10.6. The number of alkyl halides is 3. The summed E-state index contributed by atoms with van der Waals surface area (Å²) in [6.45, 7) is 5.71. The number of piperidine rings is 1. The Hall–Kier alpha value is -1.90. The third-order valence-corrected chi connectivity index (χ3v) is 6.34. The Balaban J connectivity index is 2.18. The molecule has 1 aromatic rings. The molecular weight excluding hydrogens is 463 g/mol. The number of rotatable bonds is 6. The predicted molar refractivity (Wildman–Crippen MR) is 106 cm³/mol. The quantitative estimate of drug-likeness (QED) is 0.588. The van der Waals surface area contributed by atoms with Crippen LogP contribution in [-0.2, 0) is 30.7 Å². The molecule has 1 unspecified atom stereocenters. The Morgan fingerprint density at radius 2 is 1.81 bits per heavy atom. The number of hydrogen-bond acceptors (Lipinski definition) is 8. The number of hydrogen-bond donors (Lipinski definition) is 2. The fourth-order valence-electron chi connectivity index (χ4n) is 2.71. The smallest absolute Gasteiger partial charge is 0.501 e. The van der Waals surface area contributed by atoms with E-state index < -0.39 is 42.9 Å². The number of anilines is 2. The molecule has 31 heavy (non-hydrogen) atoms. The normalized spacial score (nSPS) is 17.8. The molecule has 0 saturated carbocycles. The fourth-order valence-corrected chi connectivity index (χ4v) is 3.98. The zero-order valence-corrected chi connectivity index (χ0v) is 18.6. The Bertz CT molecular complexity index is 939. The van der Waals surface area contributed by atoms with Gasteiger partial charge in [-0.1, -0.05) is 0 Å². The van der Waals surface area contributed by atoms with Crippen LogP contribution in [0.4, 0.5) is 24.5 Å². The summed E-state index contributed by atoms with van der Waals surface area (Å²) in [6, 6.07) is 2.44. The Labute approximate surface area is 180 Å². The molecule has 0 aliphatic carbocycles. The van der Waals surface area contributed by atoms with E-state index in [0.29, 0.717) is 32.0 Å². The van der Waals surface area contributed by atoms with Gasteiger partial charge in [-0.15, -0.1) is 5.06 Å². The molecule has 0 bridgehead atoms. The average molecular weight is 487 g/mol. The van der Waals surface area contributed by atoms with Crippen molar-refractivity contribution in [2.75, 3.05) is 23.1 Å². The molecular formula is C17H23F3N3O6S2-. The van der Waals surface area contributed by atoms with Crippen LogP contribution in [0.5, 0.6) is 0 Å². The zero-order chi connectivity index (χ0) is 23.6. The van der Waals surface area contributed by atoms with Crippen molar-refractivity contribution in [1.29, 1.82) is 0 Å². The topological polar surface area (TPSA) is 128 Å². The highest BCUT2D eigenvalue weighted by Crippen LogP contribution is 2.36. The van der Waals surface area contributed by atoms with Gasteiger partial charge >= 0.3 is 11.5 Å². The molecule has 1 atom stereocenters. The number of nitrogens with zero attached hydrogens (tertiary/aromatic N) is 1. The van der Waals surface area contributed by atoms with Crippen LogP contribution in [0.25, 0.3) is 0 Å². The molecule has 9 nitrogen and oxygen atoms in total. The van der Waals surface area contributed by atoms with Crippen molar-refractivity contribution in [1.82, 2.24) is 5.06 Å². The van der Waals surface area contributed by atoms with Gasteiger partial charge in [0.25, 0.3) is 9.84 Å². The molecule has 1 heterocycles. The number of sulfone groups is 1. The van der Waals surface area contributed by atoms with Crippen molar-refractivity contribution >= 4 is 38.4 Å². The fraction of sp³-hybridized carbons (Fsp3) is 0.588. The molecule has 1 saturated heterocycles. The maximum atomic E-state index is 13.1. The summed E-state index contributed by atoms with van der Waals surface area (Å²) >= 11 is -2.84. The molecule has 176 valence electrons. The van der Waals surface area contributed by atoms with Gasteiger partial charge < -0.3 is 19.4 Å². The van der Waals surface area contributed by atoms with Crippen LogP contribution in [0.1, 0.15) is 33.6 Å². The van der Waals surface area contributed by atoms with E-state index in [9.17, 15) is 35.1 Å². The highest BCUT2D eigenvalue weighted by atomic mass is 32.2. The van der Waals surface area contributed by atoms with Gasteiger partial charge in [0, 0.05) is 36.1 Å². The van der Waals surface area contributed by atoms with Gasteiger partial charge in [0.05, 0.1) is 11.1 Å². The van der Waals surface area contributed by atoms with Crippen molar-refractivity contribution in [3.8, 4) is 0 Å². The molecule has 0 spiro atoms. The van der Waals surface area contributed by atoms with E-state index >= 15 is 0 Å². The van der Waals surface area contributed by atoms with E-state index in [0.717, 1.165) is 12.1 Å². The van der Waals surface area contributed by atoms with Gasteiger partial charge in [-0.3, -0.25) is 4.21 Å². The van der Waals surface area contributed by atoms with Crippen LogP contribution in [0.2, 0.25) is 0 Å². The predicted octanol–water partition coefficient (Wildman–Crippen LogP) is 2.57. The first-order valence-electron chi connectivity index (χ1n) is 9.16. The van der Waals surface area contributed by atoms with Crippen molar-refractivity contribution in [2.24, 2.45) is 5.41 Å². The first-order chi connectivity index (χ1) is 14.1. The third-order valence-electron chi connectivity index (χ3n) is 4.41. The van der Waals surface area contributed by atoms with Crippen molar-refractivity contribution in [2.45, 2.75) is 50.1 Å². The van der Waals surface area contributed by atoms with Gasteiger partial charge in [-0.05, 0) is 51.8 Å². The minimum Gasteiger partial charge on any atom is -0.755 e. The monoisotopic (exact) mass is 486 g/mol. The van der Waals surface area contributed by atoms with Crippen LogP contribution in [0, 0.1) is 5.41 Å². The lowest BCUT2D eigenvalue weighted by Gasteiger charge is -2.33. The van der Waals surface area contributed by atoms with E-state index in [1.54, 1.807) is 20.8 Å². The van der Waals surface area contributed by atoms with Crippen molar-refractivity contribution in [3.63, 3.8) is 0 Å². The summed E-state index contributed by atoms with van der Waals surface area (Å²) < 4.78 is 86.8. The molecule has 0 aromatic heterocycles. The number of benzene rings is 1. The largest absolute Gasteiger partial charge is 0.755 e. The summed E-state index contributed by atoms with van der Waals surface area (Å²) in [7, 11) is -5.74. The minimum atomic E-state index is -5.74. The lowest BCUT2D eigenvalue weighted by molar-refractivity contribution is -0.204. The standard InChI is InChI=1S/C17H24F3N3O6S2/c1-16(2,3)15(24)29-23-8-6-11(7-9-23)21-13-5-4-12(22-30(25)26)10-14(13)31(27,28)17(18,19)20/h4-5,10-11,21-22H,6-9H2,1-3H3,(H,25,26)/p-1. The van der Waals surface area contributed by atoms with Crippen LogP contribution in [0.15, 0.2) is 23.1 Å². The number of carbonyl (C=O) groups excluding carboxylic acids is 1. The maximum Gasteiger partial charge on any atom is 0.501 e. The van der Waals surface area contributed by atoms with Crippen LogP contribution < -0.4 is 10.0 Å². The Morgan fingerprint density at radius 3 is 2.29 bits per heavy atom. The summed E-state index contributed by atoms with van der Waals surface area (Å²) in [5, 5.41) is 4.24. The second kappa shape index (κ2) is 9.30. The van der Waals surface area contributed by atoms with E-state index in [2.05, 4.69) is 5.32 Å². The second-order valence-electron chi connectivity index (χ2n) is 7.97. The van der Waals surface area contributed by atoms with Crippen molar-refractivity contribution in [3.05, 3.63) is 18.2 Å². The van der Waals surface area contributed by atoms with Crippen LogP contribution >= 0.6 is 0 Å². The zero-order valence-electron chi connectivity index (χ0n) is 17.0. The van der Waals surface area contributed by atoms with Gasteiger partial charge in [0.15, 0.2) is 0 Å². The highest BCUT2D eigenvalue weighted by Gasteiger charge is 2.48. The summed E-state index contributed by atoms with van der Waals surface area (Å²) in [4.78, 5) is 16.2. The van der Waals surface area contributed by atoms with E-state index in [-0.39, 0.29) is 17.4 Å². The lowest BCUT2D eigenvalue weighted by atomic mass is 9.98. The first-order valence-corrected chi connectivity index (χ1v) is 11.7. The number of nitrogens with one attached hydrogen (secondary N) is 2. The highest BCUT2D eigenvalue weighted by molar-refractivity contribution is 7.92. The van der Waals surface area contributed by atoms with Crippen molar-refractivity contribution < 1.29 is 40.0 Å². The molecule has 1 aliphatic rings. The van der Waals surface area contributed by atoms with Crippen LogP contribution in [-0.4, -0.2) is 52.9 Å². The summed E-state index contributed by atoms with van der Waals surface area (Å²) in [6.07, 6.45) is 0.737. The molecule has 2 N–H and O–H groups in total. The molecule has 0 radical (unpaired) electrons. The third kappa shape index (κ3) is 6.54. The summed E-state index contributed by atoms with van der Waals surface area (Å²) in [5.41, 5.74) is -6.89. The molecule has 1 aliphatic heterocycles. The Kier molecular flexibility index (Phi) is 7.61. The van der Waals surface area contributed by atoms with Gasteiger partial charge in [0.1, 0.15) is 4.90 Å². The minimum absolute atomic E-state index is 0.301. The van der Waals surface area contributed by atoms with Gasteiger partial charge in [0.2, 0.25) is 0 Å². The molecule has 2 rings (SSSR count). The van der Waals surface area contributed by atoms with Crippen LogP contribution in [0.3, 0.4) is 0 Å². The van der Waals surface area contributed by atoms with Gasteiger partial charge in [-0.2, -0.15) is 13.2 Å². The first kappa shape index (κ1) is 25.4. The van der Waals surface area contributed by atoms with E-state index in [1.165, 1.54) is 5.06 Å². The SMILES string of the molecule is CC(C)(C)C(=O)ON1CCC(Nc2ccc(NS(=O)[O-])cc2S(=O)(=O)C(F)(F)F)CC1. The maximum absolute atomic E-state index is 13.1. The average Bonchev–Trinajstić information content (AvgIpc) is 2.62. The molecule has 0 amide bonds. The lowest BCUT2D eigenvalue weighted by Crippen LogP contribution is -2.42. The molecule has 14 heteroatoms. The van der Waals surface area contributed by atoms with Gasteiger partial charge in [-0.25, -0.2) is 13.2 Å². The van der Waals surface area contributed by atoms with E-state index in [1.807, 2.05) is 4.72 Å². The molecule has 1 fully saturated rings.